The fraction of sp³-hybridized carbons (Fsp3) is 0.581. The number of rotatable bonds is 8. The number of hydrogen-bond acceptors (Lipinski definition) is 8. The normalized spacial score (nSPS) is 14.0. The summed E-state index contributed by atoms with van der Waals surface area (Å²) in [7, 11) is 0. The van der Waals surface area contributed by atoms with E-state index in [2.05, 4.69) is 0 Å². The third-order valence-electron chi connectivity index (χ3n) is 6.68. The molecule has 0 saturated carbocycles. The van der Waals surface area contributed by atoms with Crippen molar-refractivity contribution in [2.45, 2.75) is 117 Å². The minimum Gasteiger partial charge on any atom is -0.422 e. The van der Waals surface area contributed by atoms with Crippen molar-refractivity contribution in [1.82, 2.24) is 0 Å². The van der Waals surface area contributed by atoms with Crippen molar-refractivity contribution in [1.29, 1.82) is 0 Å². The van der Waals surface area contributed by atoms with Gasteiger partial charge in [0.05, 0.1) is 39.2 Å². The van der Waals surface area contributed by atoms with E-state index in [1.165, 1.54) is 79.7 Å². The highest BCUT2D eigenvalue weighted by atomic mass is 16.5. The molecule has 2 rings (SSSR count). The lowest BCUT2D eigenvalue weighted by molar-refractivity contribution is 0.0487. The van der Waals surface area contributed by atoms with E-state index in [4.69, 9.17) is 4.74 Å². The van der Waals surface area contributed by atoms with Gasteiger partial charge in [0.25, 0.3) is 0 Å². The average molecular weight is 547 g/mol. The van der Waals surface area contributed by atoms with Crippen LogP contribution in [0.2, 0.25) is 0 Å². The molecule has 0 bridgehead atoms. The van der Waals surface area contributed by atoms with Crippen LogP contribution in [0.25, 0.3) is 0 Å². The molecule has 0 aliphatic heterocycles. The maximum absolute atomic E-state index is 14.0. The molecule has 0 aromatic heterocycles. The Balaban J connectivity index is 3.00. The lowest BCUT2D eigenvalue weighted by Gasteiger charge is -2.33. The molecule has 0 saturated heterocycles. The van der Waals surface area contributed by atoms with Gasteiger partial charge in [0.1, 0.15) is 5.75 Å². The summed E-state index contributed by atoms with van der Waals surface area (Å²) in [6, 6.07) is 6.03. The van der Waals surface area contributed by atoms with Gasteiger partial charge >= 0.3 is 5.97 Å². The predicted octanol–water partition coefficient (Wildman–Crippen LogP) is 4.27. The van der Waals surface area contributed by atoms with Crippen LogP contribution in [-0.2, 0) is 33.6 Å². The van der Waals surface area contributed by atoms with Crippen molar-refractivity contribution in [3.05, 3.63) is 63.2 Å². The Hall–Kier alpha value is -2.33. The quantitative estimate of drug-likeness (QED) is 0.212. The topological polar surface area (TPSA) is 148 Å². The maximum Gasteiger partial charge on any atom is 0.344 e. The number of carbonyl (C=O) groups excluding carboxylic acids is 1. The molecule has 2 aromatic carbocycles. The molecule has 6 N–H and O–H groups in total. The molecule has 0 radical (unpaired) electrons. The van der Waals surface area contributed by atoms with Crippen LogP contribution < -0.4 is 4.74 Å². The number of ether oxygens (including phenoxy) is 1. The second-order valence-electron chi connectivity index (χ2n) is 13.6. The summed E-state index contributed by atoms with van der Waals surface area (Å²) >= 11 is 0. The van der Waals surface area contributed by atoms with E-state index >= 15 is 0 Å². The number of hydrogen-bond donors (Lipinski definition) is 6. The van der Waals surface area contributed by atoms with Crippen molar-refractivity contribution < 1.29 is 40.2 Å². The summed E-state index contributed by atoms with van der Waals surface area (Å²) in [5, 5.41) is 65.7. The summed E-state index contributed by atoms with van der Waals surface area (Å²) in [4.78, 5) is 14.0. The van der Waals surface area contributed by atoms with Gasteiger partial charge in [-0.3, -0.25) is 0 Å². The number of aliphatic hydroxyl groups is 6. The number of carbonyl (C=O) groups is 1. The molecule has 0 aliphatic carbocycles. The Labute approximate surface area is 231 Å². The third kappa shape index (κ3) is 7.45. The molecule has 39 heavy (non-hydrogen) atoms. The van der Waals surface area contributed by atoms with Crippen molar-refractivity contribution in [2.24, 2.45) is 0 Å². The Morgan fingerprint density at radius 2 is 0.744 bits per heavy atom. The van der Waals surface area contributed by atoms with Crippen LogP contribution >= 0.6 is 0 Å². The first-order valence-electron chi connectivity index (χ1n) is 13.0. The standard InChI is InChI=1S/C31H46O8/c1-26(2,33)17-13-19(28(5,6)35)23(20(14-17)29(7,8)36)25(32)39-24-21(30(9,10)37)15-18(27(3,4)34)16-22(24)31(11,12)38/h13-16,33-38H,1-12H3. The lowest BCUT2D eigenvalue weighted by Crippen LogP contribution is -2.32. The number of benzene rings is 2. The maximum atomic E-state index is 14.0. The van der Waals surface area contributed by atoms with Gasteiger partial charge in [-0.2, -0.15) is 0 Å². The van der Waals surface area contributed by atoms with Crippen molar-refractivity contribution in [3.63, 3.8) is 0 Å². The lowest BCUT2D eigenvalue weighted by atomic mass is 9.80. The van der Waals surface area contributed by atoms with E-state index in [0.29, 0.717) is 11.1 Å². The third-order valence-corrected chi connectivity index (χ3v) is 6.68. The second kappa shape index (κ2) is 9.94. The van der Waals surface area contributed by atoms with Crippen LogP contribution in [0.5, 0.6) is 5.75 Å². The summed E-state index contributed by atoms with van der Waals surface area (Å²) in [6.45, 7) is 18.1. The summed E-state index contributed by atoms with van der Waals surface area (Å²) in [5.41, 5.74) is -7.79. The molecule has 0 unspecified atom stereocenters. The Morgan fingerprint density at radius 3 is 0.974 bits per heavy atom. The van der Waals surface area contributed by atoms with Crippen LogP contribution in [0, 0.1) is 0 Å². The second-order valence-corrected chi connectivity index (χ2v) is 13.6. The van der Waals surface area contributed by atoms with Crippen molar-refractivity contribution in [3.8, 4) is 5.75 Å². The van der Waals surface area contributed by atoms with Gasteiger partial charge in [-0.15, -0.1) is 0 Å². The first kappa shape index (κ1) is 32.9. The molecule has 2 aromatic rings. The van der Waals surface area contributed by atoms with Gasteiger partial charge < -0.3 is 35.4 Å². The molecular formula is C31H46O8. The smallest absolute Gasteiger partial charge is 0.344 e. The fourth-order valence-corrected chi connectivity index (χ4v) is 4.32. The van der Waals surface area contributed by atoms with Gasteiger partial charge in [0.15, 0.2) is 0 Å². The van der Waals surface area contributed by atoms with Gasteiger partial charge in [-0.05, 0) is 130 Å². The zero-order chi connectivity index (χ0) is 30.7. The van der Waals surface area contributed by atoms with E-state index in [0.717, 1.165) is 0 Å². The molecule has 8 nitrogen and oxygen atoms in total. The molecule has 0 aliphatic rings. The summed E-state index contributed by atoms with van der Waals surface area (Å²) in [5.74, 6) is -1.05. The average Bonchev–Trinajstić information content (AvgIpc) is 2.68. The van der Waals surface area contributed by atoms with Crippen LogP contribution in [0.1, 0.15) is 127 Å². The van der Waals surface area contributed by atoms with E-state index < -0.39 is 39.6 Å². The first-order chi connectivity index (χ1) is 17.1. The van der Waals surface area contributed by atoms with Gasteiger partial charge in [0.2, 0.25) is 0 Å². The molecular weight excluding hydrogens is 500 g/mol. The molecule has 0 heterocycles. The van der Waals surface area contributed by atoms with E-state index in [-0.39, 0.29) is 33.6 Å². The zero-order valence-corrected chi connectivity index (χ0v) is 25.3. The first-order valence-corrected chi connectivity index (χ1v) is 13.0. The molecule has 0 fully saturated rings. The van der Waals surface area contributed by atoms with Crippen molar-refractivity contribution >= 4 is 5.97 Å². The minimum absolute atomic E-state index is 0.108. The predicted molar refractivity (Wildman–Crippen MR) is 149 cm³/mol. The molecule has 8 heteroatoms. The summed E-state index contributed by atoms with van der Waals surface area (Å²) in [6.07, 6.45) is 0. The summed E-state index contributed by atoms with van der Waals surface area (Å²) < 4.78 is 5.96. The monoisotopic (exact) mass is 546 g/mol. The highest BCUT2D eigenvalue weighted by molar-refractivity contribution is 5.95. The largest absolute Gasteiger partial charge is 0.422 e. The van der Waals surface area contributed by atoms with Crippen LogP contribution in [0.15, 0.2) is 24.3 Å². The molecule has 0 amide bonds. The van der Waals surface area contributed by atoms with E-state index in [1.807, 2.05) is 0 Å². The fourth-order valence-electron chi connectivity index (χ4n) is 4.32. The van der Waals surface area contributed by atoms with E-state index in [9.17, 15) is 35.4 Å². The van der Waals surface area contributed by atoms with Crippen LogP contribution in [0.3, 0.4) is 0 Å². The molecule has 0 atom stereocenters. The van der Waals surface area contributed by atoms with Crippen LogP contribution in [0.4, 0.5) is 0 Å². The number of esters is 1. The molecule has 218 valence electrons. The highest BCUT2D eigenvalue weighted by Crippen LogP contribution is 2.43. The minimum atomic E-state index is -1.58. The zero-order valence-electron chi connectivity index (χ0n) is 25.3. The Morgan fingerprint density at radius 1 is 0.487 bits per heavy atom. The van der Waals surface area contributed by atoms with Crippen molar-refractivity contribution in [2.75, 3.05) is 0 Å². The van der Waals surface area contributed by atoms with Crippen LogP contribution in [-0.4, -0.2) is 36.6 Å². The SMILES string of the molecule is CC(C)(O)c1cc(C(C)(C)O)c(OC(=O)c2c(C(C)(C)O)cc(C(C)(C)O)cc2C(C)(C)O)c(C(C)(C)O)c1. The van der Waals surface area contributed by atoms with Gasteiger partial charge in [0, 0.05) is 11.1 Å². The molecule has 0 spiro atoms. The van der Waals surface area contributed by atoms with Gasteiger partial charge in [-0.1, -0.05) is 0 Å². The Bertz CT molecular complexity index is 1160. The highest BCUT2D eigenvalue weighted by Gasteiger charge is 2.38. The van der Waals surface area contributed by atoms with Gasteiger partial charge in [-0.25, -0.2) is 4.79 Å². The Kier molecular flexibility index (Phi) is 8.38. The van der Waals surface area contributed by atoms with E-state index in [1.54, 1.807) is 27.7 Å².